The number of hydrogen-bond donors (Lipinski definition) is 1. The number of esters is 1. The minimum atomic E-state index is -0.654. The van der Waals surface area contributed by atoms with Gasteiger partial charge in [-0.1, -0.05) is 30.3 Å². The highest BCUT2D eigenvalue weighted by molar-refractivity contribution is 5.76. The topological polar surface area (TPSA) is 73.9 Å². The van der Waals surface area contributed by atoms with Gasteiger partial charge in [0.15, 0.2) is 0 Å². The predicted octanol–water partition coefficient (Wildman–Crippen LogP) is 6.44. The van der Waals surface area contributed by atoms with Crippen LogP contribution in [0.15, 0.2) is 49.1 Å². The van der Waals surface area contributed by atoms with Crippen LogP contribution in [0.5, 0.6) is 5.75 Å². The van der Waals surface area contributed by atoms with Crippen LogP contribution in [-0.4, -0.2) is 31.4 Å². The molecule has 0 radical (unpaired) electrons. The molecular formula is C28H37NO5. The molecule has 1 N–H and O–H groups in total. The van der Waals surface area contributed by atoms with E-state index < -0.39 is 23.7 Å². The van der Waals surface area contributed by atoms with E-state index >= 15 is 0 Å². The molecule has 1 atom stereocenters. The highest BCUT2D eigenvalue weighted by Gasteiger charge is 2.24. The number of amides is 1. The molecule has 184 valence electrons. The highest BCUT2D eigenvalue weighted by Crippen LogP contribution is 2.36. The first-order valence-electron chi connectivity index (χ1n) is 11.6. The van der Waals surface area contributed by atoms with Gasteiger partial charge in [0.1, 0.15) is 11.4 Å². The lowest BCUT2D eigenvalue weighted by atomic mass is 9.94. The Morgan fingerprint density at radius 1 is 1.15 bits per heavy atom. The Hall–Kier alpha value is -3.28. The molecule has 2 aromatic rings. The quantitative estimate of drug-likeness (QED) is 0.247. The van der Waals surface area contributed by atoms with Gasteiger partial charge >= 0.3 is 12.1 Å². The van der Waals surface area contributed by atoms with Crippen LogP contribution in [0.3, 0.4) is 0 Å². The molecule has 2 rings (SSSR count). The van der Waals surface area contributed by atoms with Crippen molar-refractivity contribution in [3.63, 3.8) is 0 Å². The van der Waals surface area contributed by atoms with Gasteiger partial charge in [0.05, 0.1) is 26.2 Å². The van der Waals surface area contributed by atoms with Crippen LogP contribution in [0.25, 0.3) is 11.1 Å². The lowest BCUT2D eigenvalue weighted by molar-refractivity contribution is -0.141. The molecular weight excluding hydrogens is 430 g/mol. The van der Waals surface area contributed by atoms with Crippen molar-refractivity contribution in [3.8, 4) is 16.9 Å². The van der Waals surface area contributed by atoms with E-state index in [0.29, 0.717) is 6.61 Å². The zero-order chi connectivity index (χ0) is 25.3. The molecule has 6 nitrogen and oxygen atoms in total. The molecule has 0 aromatic heterocycles. The van der Waals surface area contributed by atoms with Crippen LogP contribution in [0.1, 0.15) is 62.8 Å². The maximum Gasteiger partial charge on any atom is 0.408 e. The van der Waals surface area contributed by atoms with Crippen molar-refractivity contribution in [2.75, 3.05) is 13.7 Å². The van der Waals surface area contributed by atoms with Gasteiger partial charge in [-0.2, -0.15) is 0 Å². The third kappa shape index (κ3) is 8.25. The Balaban J connectivity index is 2.42. The maximum absolute atomic E-state index is 12.5. The van der Waals surface area contributed by atoms with E-state index in [9.17, 15) is 9.59 Å². The lowest BCUT2D eigenvalue weighted by Crippen LogP contribution is -2.36. The van der Waals surface area contributed by atoms with Crippen molar-refractivity contribution in [1.29, 1.82) is 0 Å². The minimum absolute atomic E-state index is 0.0169. The number of allylic oxidation sites excluding steroid dienone is 1. The van der Waals surface area contributed by atoms with Gasteiger partial charge < -0.3 is 19.5 Å². The summed E-state index contributed by atoms with van der Waals surface area (Å²) in [5.41, 5.74) is 4.24. The standard InChI is InChI=1S/C28H37NO5/c1-8-9-10-14-33-24-16-19(2)15-20(3)26(24)22-13-11-12-21(17-22)23(18-25(30)32-7)29-27(31)34-28(4,5)6/h8,11-13,15-17,23H,1,9-10,14,18H2,2-7H3,(H,29,31)/t23-/m0/s1. The molecule has 0 aliphatic rings. The van der Waals surface area contributed by atoms with Gasteiger partial charge in [0, 0.05) is 5.56 Å². The van der Waals surface area contributed by atoms with E-state index in [-0.39, 0.29) is 6.42 Å². The molecule has 34 heavy (non-hydrogen) atoms. The normalized spacial score (nSPS) is 11.9. The van der Waals surface area contributed by atoms with Crippen molar-refractivity contribution in [2.45, 2.75) is 65.5 Å². The monoisotopic (exact) mass is 467 g/mol. The molecule has 0 aliphatic carbocycles. The molecule has 0 bridgehead atoms. The summed E-state index contributed by atoms with van der Waals surface area (Å²) in [6, 6.07) is 11.3. The summed E-state index contributed by atoms with van der Waals surface area (Å²) in [6.45, 7) is 13.8. The molecule has 0 aliphatic heterocycles. The first-order chi connectivity index (χ1) is 16.0. The van der Waals surface area contributed by atoms with Crippen LogP contribution < -0.4 is 10.1 Å². The average molecular weight is 468 g/mol. The number of ether oxygens (including phenoxy) is 3. The maximum atomic E-state index is 12.5. The highest BCUT2D eigenvalue weighted by atomic mass is 16.6. The summed E-state index contributed by atoms with van der Waals surface area (Å²) in [7, 11) is 1.33. The molecule has 0 fully saturated rings. The molecule has 0 unspecified atom stereocenters. The fourth-order valence-corrected chi connectivity index (χ4v) is 3.69. The van der Waals surface area contributed by atoms with Crippen LogP contribution >= 0.6 is 0 Å². The predicted molar refractivity (Wildman–Crippen MR) is 135 cm³/mol. The average Bonchev–Trinajstić information content (AvgIpc) is 2.74. The van der Waals surface area contributed by atoms with E-state index in [1.165, 1.54) is 7.11 Å². The van der Waals surface area contributed by atoms with Crippen LogP contribution in [0, 0.1) is 13.8 Å². The Morgan fingerprint density at radius 3 is 2.53 bits per heavy atom. The van der Waals surface area contributed by atoms with Crippen molar-refractivity contribution in [3.05, 3.63) is 65.7 Å². The van der Waals surface area contributed by atoms with Gasteiger partial charge in [-0.05, 0) is 81.8 Å². The molecule has 0 saturated heterocycles. The van der Waals surface area contributed by atoms with Crippen LogP contribution in [0.4, 0.5) is 4.79 Å². The number of rotatable bonds is 10. The fraction of sp³-hybridized carbons (Fsp3) is 0.429. The van der Waals surface area contributed by atoms with Gasteiger partial charge in [-0.25, -0.2) is 4.79 Å². The van der Waals surface area contributed by atoms with E-state index in [1.54, 1.807) is 20.8 Å². The molecule has 0 saturated carbocycles. The smallest absolute Gasteiger partial charge is 0.408 e. The summed E-state index contributed by atoms with van der Waals surface area (Å²) >= 11 is 0. The summed E-state index contributed by atoms with van der Waals surface area (Å²) < 4.78 is 16.4. The van der Waals surface area contributed by atoms with Gasteiger partial charge in [-0.15, -0.1) is 6.58 Å². The van der Waals surface area contributed by atoms with Crippen LogP contribution in [-0.2, 0) is 14.3 Å². The number of alkyl carbamates (subject to hydrolysis) is 1. The number of nitrogens with one attached hydrogen (secondary N) is 1. The number of aryl methyl sites for hydroxylation is 2. The molecule has 0 spiro atoms. The number of carbonyl (C=O) groups is 2. The second-order valence-corrected chi connectivity index (χ2v) is 9.34. The molecule has 1 amide bonds. The Morgan fingerprint density at radius 2 is 1.88 bits per heavy atom. The van der Waals surface area contributed by atoms with Crippen molar-refractivity contribution >= 4 is 12.1 Å². The van der Waals surface area contributed by atoms with Crippen LogP contribution in [0.2, 0.25) is 0 Å². The molecule has 0 heterocycles. The van der Waals surface area contributed by atoms with E-state index in [2.05, 4.69) is 24.9 Å². The number of unbranched alkanes of at least 4 members (excludes halogenated alkanes) is 1. The molecule has 6 heteroatoms. The van der Waals surface area contributed by atoms with Gasteiger partial charge in [-0.3, -0.25) is 4.79 Å². The lowest BCUT2D eigenvalue weighted by Gasteiger charge is -2.24. The Kier molecular flexibility index (Phi) is 9.72. The third-order valence-corrected chi connectivity index (χ3v) is 5.12. The number of methoxy groups -OCH3 is 1. The Labute approximate surface area is 203 Å². The van der Waals surface area contributed by atoms with Crippen molar-refractivity contribution in [2.24, 2.45) is 0 Å². The second-order valence-electron chi connectivity index (χ2n) is 9.34. The minimum Gasteiger partial charge on any atom is -0.493 e. The third-order valence-electron chi connectivity index (χ3n) is 5.12. The summed E-state index contributed by atoms with van der Waals surface area (Å²) in [6.07, 6.45) is 3.05. The SMILES string of the molecule is C=CCCCOc1cc(C)cc(C)c1-c1cccc([C@H](CC(=O)OC)NC(=O)OC(C)(C)C)c1. The largest absolute Gasteiger partial charge is 0.493 e. The fourth-order valence-electron chi connectivity index (χ4n) is 3.69. The zero-order valence-electron chi connectivity index (χ0n) is 21.2. The first kappa shape index (κ1) is 27.0. The number of benzene rings is 2. The summed E-state index contributed by atoms with van der Waals surface area (Å²) in [5, 5.41) is 2.82. The van der Waals surface area contributed by atoms with Crippen molar-refractivity contribution in [1.82, 2.24) is 5.32 Å². The van der Waals surface area contributed by atoms with Gasteiger partial charge in [0.2, 0.25) is 0 Å². The number of carbonyl (C=O) groups excluding carboxylic acids is 2. The zero-order valence-corrected chi connectivity index (χ0v) is 21.2. The summed E-state index contributed by atoms with van der Waals surface area (Å²) in [4.78, 5) is 24.6. The van der Waals surface area contributed by atoms with E-state index in [0.717, 1.165) is 46.4 Å². The second kappa shape index (κ2) is 12.3. The van der Waals surface area contributed by atoms with Crippen molar-refractivity contribution < 1.29 is 23.8 Å². The first-order valence-corrected chi connectivity index (χ1v) is 11.6. The van der Waals surface area contributed by atoms with E-state index in [1.807, 2.05) is 43.3 Å². The Bertz CT molecular complexity index is 1010. The van der Waals surface area contributed by atoms with Gasteiger partial charge in [0.25, 0.3) is 0 Å². The molecule has 2 aromatic carbocycles. The summed E-state index contributed by atoms with van der Waals surface area (Å²) in [5.74, 6) is 0.382. The number of hydrogen-bond acceptors (Lipinski definition) is 5. The van der Waals surface area contributed by atoms with E-state index in [4.69, 9.17) is 14.2 Å².